The van der Waals surface area contributed by atoms with Crippen LogP contribution in [0.5, 0.6) is 0 Å². The first kappa shape index (κ1) is 19.6. The van der Waals surface area contributed by atoms with Crippen molar-refractivity contribution in [1.82, 2.24) is 15.5 Å². The molecule has 0 saturated carbocycles. The summed E-state index contributed by atoms with van der Waals surface area (Å²) in [5.74, 6) is -1.13. The fourth-order valence-corrected chi connectivity index (χ4v) is 3.71. The number of carbonyl (C=O) groups is 4. The highest BCUT2D eigenvalue weighted by Crippen LogP contribution is 2.29. The van der Waals surface area contributed by atoms with E-state index in [9.17, 15) is 19.2 Å². The summed E-state index contributed by atoms with van der Waals surface area (Å²) in [4.78, 5) is 49.9. The highest BCUT2D eigenvalue weighted by Gasteiger charge is 2.39. The molecular weight excluding hydrogens is 384 g/mol. The van der Waals surface area contributed by atoms with Crippen molar-refractivity contribution in [2.24, 2.45) is 0 Å². The normalized spacial score (nSPS) is 18.1. The van der Waals surface area contributed by atoms with Crippen LogP contribution in [0.2, 0.25) is 0 Å². The maximum Gasteiger partial charge on any atom is 0.255 e. The number of hydrogen-bond donors (Lipinski definition) is 3. The monoisotopic (exact) mass is 406 g/mol. The molecule has 8 heteroatoms. The molecule has 1 saturated heterocycles. The molecule has 1 fully saturated rings. The number of carbonyl (C=O) groups excluding carboxylic acids is 4. The van der Waals surface area contributed by atoms with Crippen molar-refractivity contribution < 1.29 is 19.2 Å². The fraction of sp³-hybridized carbons (Fsp3) is 0.273. The summed E-state index contributed by atoms with van der Waals surface area (Å²) in [6, 6.07) is 14.3. The van der Waals surface area contributed by atoms with E-state index in [0.717, 1.165) is 11.1 Å². The van der Waals surface area contributed by atoms with E-state index in [2.05, 4.69) is 16.0 Å². The van der Waals surface area contributed by atoms with E-state index in [1.807, 2.05) is 42.5 Å². The summed E-state index contributed by atoms with van der Waals surface area (Å²) in [6.45, 7) is 0.861. The number of benzene rings is 2. The first-order valence-electron chi connectivity index (χ1n) is 9.83. The lowest BCUT2D eigenvalue weighted by atomic mass is 10.0. The molecule has 2 aliphatic rings. The number of piperidine rings is 1. The van der Waals surface area contributed by atoms with Gasteiger partial charge in [0.1, 0.15) is 6.04 Å². The predicted octanol–water partition coefficient (Wildman–Crippen LogP) is 1.18. The summed E-state index contributed by atoms with van der Waals surface area (Å²) in [5.41, 5.74) is 3.00. The zero-order valence-electron chi connectivity index (χ0n) is 16.3. The molecule has 2 aromatic carbocycles. The number of fused-ring (bicyclic) bond motifs is 1. The second kappa shape index (κ2) is 8.36. The number of anilines is 1. The van der Waals surface area contributed by atoms with Crippen molar-refractivity contribution in [2.45, 2.75) is 32.0 Å². The zero-order valence-corrected chi connectivity index (χ0v) is 16.3. The minimum atomic E-state index is -0.636. The Balaban J connectivity index is 1.34. The van der Waals surface area contributed by atoms with Gasteiger partial charge in [-0.25, -0.2) is 0 Å². The van der Waals surface area contributed by atoms with Gasteiger partial charge in [0, 0.05) is 30.8 Å². The molecule has 2 heterocycles. The van der Waals surface area contributed by atoms with Gasteiger partial charge in [0.05, 0.1) is 6.54 Å². The lowest BCUT2D eigenvalue weighted by molar-refractivity contribution is -0.137. The Morgan fingerprint density at radius 3 is 2.67 bits per heavy atom. The number of nitrogens with one attached hydrogen (secondary N) is 3. The molecule has 2 aromatic rings. The zero-order chi connectivity index (χ0) is 21.1. The van der Waals surface area contributed by atoms with E-state index in [1.54, 1.807) is 6.07 Å². The van der Waals surface area contributed by atoms with Crippen LogP contribution in [0.1, 0.15) is 34.3 Å². The van der Waals surface area contributed by atoms with Crippen molar-refractivity contribution in [3.05, 3.63) is 65.2 Å². The molecule has 4 amide bonds. The van der Waals surface area contributed by atoms with Crippen molar-refractivity contribution in [3.8, 4) is 0 Å². The van der Waals surface area contributed by atoms with Crippen LogP contribution in [-0.2, 0) is 27.5 Å². The second-order valence-electron chi connectivity index (χ2n) is 7.39. The van der Waals surface area contributed by atoms with Gasteiger partial charge < -0.3 is 15.5 Å². The van der Waals surface area contributed by atoms with Gasteiger partial charge in [0.15, 0.2) is 0 Å². The lowest BCUT2D eigenvalue weighted by Gasteiger charge is -2.29. The van der Waals surface area contributed by atoms with Gasteiger partial charge in [-0.3, -0.25) is 24.5 Å². The minimum absolute atomic E-state index is 0.0800. The van der Waals surface area contributed by atoms with E-state index in [4.69, 9.17) is 0 Å². The van der Waals surface area contributed by atoms with E-state index in [-0.39, 0.29) is 30.7 Å². The van der Waals surface area contributed by atoms with Crippen LogP contribution in [0.15, 0.2) is 48.5 Å². The van der Waals surface area contributed by atoms with Crippen molar-refractivity contribution in [2.75, 3.05) is 11.9 Å². The molecule has 0 aromatic heterocycles. The third kappa shape index (κ3) is 4.17. The molecule has 0 bridgehead atoms. The topological polar surface area (TPSA) is 108 Å². The number of rotatable bonds is 6. The second-order valence-corrected chi connectivity index (χ2v) is 7.39. The Labute approximate surface area is 173 Å². The SMILES string of the molecule is O=C(CNc1ccc2c(c1)C(=O)N(C1CCC(=O)NC1=O)C2)NCc1ccccc1. The Kier molecular flexibility index (Phi) is 5.47. The van der Waals surface area contributed by atoms with Crippen molar-refractivity contribution >= 4 is 29.3 Å². The maximum atomic E-state index is 12.8. The molecule has 0 aliphatic carbocycles. The molecule has 1 atom stereocenters. The molecule has 0 radical (unpaired) electrons. The summed E-state index contributed by atoms with van der Waals surface area (Å²) in [5, 5.41) is 8.17. The van der Waals surface area contributed by atoms with Crippen LogP contribution < -0.4 is 16.0 Å². The molecule has 8 nitrogen and oxygen atoms in total. The molecule has 4 rings (SSSR count). The summed E-state index contributed by atoms with van der Waals surface area (Å²) in [6.07, 6.45) is 0.554. The van der Waals surface area contributed by atoms with E-state index in [0.29, 0.717) is 30.8 Å². The van der Waals surface area contributed by atoms with E-state index in [1.165, 1.54) is 4.90 Å². The summed E-state index contributed by atoms with van der Waals surface area (Å²) >= 11 is 0. The minimum Gasteiger partial charge on any atom is -0.376 e. The number of nitrogens with zero attached hydrogens (tertiary/aromatic N) is 1. The van der Waals surface area contributed by atoms with Gasteiger partial charge in [-0.15, -0.1) is 0 Å². The Morgan fingerprint density at radius 2 is 1.90 bits per heavy atom. The maximum absolute atomic E-state index is 12.8. The highest BCUT2D eigenvalue weighted by molar-refractivity contribution is 6.05. The van der Waals surface area contributed by atoms with Gasteiger partial charge >= 0.3 is 0 Å². The van der Waals surface area contributed by atoms with Gasteiger partial charge in [-0.05, 0) is 29.7 Å². The van der Waals surface area contributed by atoms with Gasteiger partial charge in [0.2, 0.25) is 17.7 Å². The van der Waals surface area contributed by atoms with Crippen LogP contribution in [0.25, 0.3) is 0 Å². The van der Waals surface area contributed by atoms with Gasteiger partial charge in [0.25, 0.3) is 5.91 Å². The summed E-state index contributed by atoms with van der Waals surface area (Å²) < 4.78 is 0. The number of hydrogen-bond acceptors (Lipinski definition) is 5. The van der Waals surface area contributed by atoms with Crippen LogP contribution >= 0.6 is 0 Å². The quantitative estimate of drug-likeness (QED) is 0.625. The van der Waals surface area contributed by atoms with Crippen molar-refractivity contribution in [3.63, 3.8) is 0 Å². The molecular formula is C22H22N4O4. The largest absolute Gasteiger partial charge is 0.376 e. The molecule has 2 aliphatic heterocycles. The van der Waals surface area contributed by atoms with Crippen LogP contribution in [-0.4, -0.2) is 41.1 Å². The average molecular weight is 406 g/mol. The van der Waals surface area contributed by atoms with Gasteiger partial charge in [-0.1, -0.05) is 36.4 Å². The van der Waals surface area contributed by atoms with E-state index >= 15 is 0 Å². The standard InChI is InChI=1S/C22H22N4O4/c27-19-9-8-18(21(29)25-19)26-13-15-6-7-16(10-17(15)22(26)30)23-12-20(28)24-11-14-4-2-1-3-5-14/h1-7,10,18,23H,8-9,11-13H2,(H,24,28)(H,25,27,29). The number of imide groups is 1. The Hall–Kier alpha value is -3.68. The molecule has 30 heavy (non-hydrogen) atoms. The van der Waals surface area contributed by atoms with Crippen LogP contribution in [0.3, 0.4) is 0 Å². The van der Waals surface area contributed by atoms with E-state index < -0.39 is 11.9 Å². The summed E-state index contributed by atoms with van der Waals surface area (Å²) in [7, 11) is 0. The number of amides is 4. The molecule has 3 N–H and O–H groups in total. The van der Waals surface area contributed by atoms with Crippen LogP contribution in [0, 0.1) is 0 Å². The highest BCUT2D eigenvalue weighted by atomic mass is 16.2. The molecule has 154 valence electrons. The first-order valence-corrected chi connectivity index (χ1v) is 9.83. The molecule has 0 spiro atoms. The average Bonchev–Trinajstić information content (AvgIpc) is 3.07. The molecule has 1 unspecified atom stereocenters. The third-order valence-electron chi connectivity index (χ3n) is 5.31. The van der Waals surface area contributed by atoms with Crippen LogP contribution in [0.4, 0.5) is 5.69 Å². The first-order chi connectivity index (χ1) is 14.5. The Bertz CT molecular complexity index is 1010. The smallest absolute Gasteiger partial charge is 0.255 e. The van der Waals surface area contributed by atoms with Crippen molar-refractivity contribution in [1.29, 1.82) is 0 Å². The lowest BCUT2D eigenvalue weighted by Crippen LogP contribution is -2.52. The van der Waals surface area contributed by atoms with Gasteiger partial charge in [-0.2, -0.15) is 0 Å². The fourth-order valence-electron chi connectivity index (χ4n) is 3.71. The Morgan fingerprint density at radius 1 is 1.10 bits per heavy atom. The predicted molar refractivity (Wildman–Crippen MR) is 109 cm³/mol. The third-order valence-corrected chi connectivity index (χ3v) is 5.31.